The lowest BCUT2D eigenvalue weighted by molar-refractivity contribution is -0.139. The minimum atomic E-state index is -1.22. The third-order valence-electron chi connectivity index (χ3n) is 2.70. The number of amides is 2. The number of carboxylic acids is 1. The zero-order valence-electron chi connectivity index (χ0n) is 12.1. The molecule has 0 unspecified atom stereocenters. The van der Waals surface area contributed by atoms with Crippen LogP contribution in [-0.2, 0) is 9.53 Å². The van der Waals surface area contributed by atoms with Gasteiger partial charge < -0.3 is 20.5 Å². The summed E-state index contributed by atoms with van der Waals surface area (Å²) in [6.45, 7) is 3.83. The fourth-order valence-corrected chi connectivity index (χ4v) is 2.10. The molecule has 1 aromatic rings. The average Bonchev–Trinajstić information content (AvgIpc) is 2.36. The number of ether oxygens (including phenoxy) is 1. The van der Waals surface area contributed by atoms with Gasteiger partial charge in [-0.2, -0.15) is 0 Å². The van der Waals surface area contributed by atoms with E-state index in [4.69, 9.17) is 16.3 Å². The van der Waals surface area contributed by atoms with Gasteiger partial charge in [-0.25, -0.2) is 9.59 Å². The molecular weight excluding hydrogens is 296 g/mol. The molecule has 0 saturated carbocycles. The molecule has 6 nitrogen and oxygen atoms in total. The first-order valence-corrected chi connectivity index (χ1v) is 6.69. The molecule has 0 heterocycles. The average molecular weight is 315 g/mol. The number of carbonyl (C=O) groups excluding carboxylic acids is 1. The lowest BCUT2D eigenvalue weighted by atomic mass is 10.1. The lowest BCUT2D eigenvalue weighted by Gasteiger charge is -2.26. The number of hydrogen-bond donors (Lipinski definition) is 3. The van der Waals surface area contributed by atoms with Crippen molar-refractivity contribution in [1.29, 1.82) is 0 Å². The van der Waals surface area contributed by atoms with Gasteiger partial charge in [0.15, 0.2) is 6.04 Å². The molecule has 1 aromatic carbocycles. The second-order valence-corrected chi connectivity index (χ2v) is 5.62. The van der Waals surface area contributed by atoms with E-state index in [0.29, 0.717) is 12.2 Å². The van der Waals surface area contributed by atoms with E-state index in [1.54, 1.807) is 38.1 Å². The van der Waals surface area contributed by atoms with Gasteiger partial charge in [0, 0.05) is 17.7 Å². The SMILES string of the molecule is COCC(C)(C)NC(=O)N[C@@H](C(=O)O)c1ccccc1Cl. The molecule has 0 aliphatic heterocycles. The first kappa shape index (κ1) is 17.3. The van der Waals surface area contributed by atoms with Crippen molar-refractivity contribution in [2.24, 2.45) is 0 Å². The fourth-order valence-electron chi connectivity index (χ4n) is 1.85. The molecule has 0 saturated heterocycles. The molecule has 0 aliphatic carbocycles. The second kappa shape index (κ2) is 7.28. The van der Waals surface area contributed by atoms with E-state index >= 15 is 0 Å². The molecule has 3 N–H and O–H groups in total. The predicted octanol–water partition coefficient (Wildman–Crippen LogP) is 2.19. The topological polar surface area (TPSA) is 87.7 Å². The summed E-state index contributed by atoms with van der Waals surface area (Å²) in [6.07, 6.45) is 0. The summed E-state index contributed by atoms with van der Waals surface area (Å²) >= 11 is 5.97. The van der Waals surface area contributed by atoms with Crippen molar-refractivity contribution in [3.05, 3.63) is 34.9 Å². The second-order valence-electron chi connectivity index (χ2n) is 5.21. The van der Waals surface area contributed by atoms with Gasteiger partial charge >= 0.3 is 12.0 Å². The summed E-state index contributed by atoms with van der Waals surface area (Å²) in [5, 5.41) is 14.6. The third kappa shape index (κ3) is 5.24. The van der Waals surface area contributed by atoms with Crippen molar-refractivity contribution in [1.82, 2.24) is 10.6 Å². The highest BCUT2D eigenvalue weighted by molar-refractivity contribution is 6.31. The van der Waals surface area contributed by atoms with E-state index in [-0.39, 0.29) is 5.02 Å². The van der Waals surface area contributed by atoms with Crippen LogP contribution in [0.1, 0.15) is 25.5 Å². The molecular formula is C14H19ClN2O4. The highest BCUT2D eigenvalue weighted by Crippen LogP contribution is 2.22. The molecule has 1 rings (SSSR count). The van der Waals surface area contributed by atoms with E-state index in [2.05, 4.69) is 10.6 Å². The Labute approximate surface area is 128 Å². The molecule has 0 aromatic heterocycles. The summed E-state index contributed by atoms with van der Waals surface area (Å²) < 4.78 is 4.98. The smallest absolute Gasteiger partial charge is 0.331 e. The Bertz CT molecular complexity index is 519. The molecule has 116 valence electrons. The standard InChI is InChI=1S/C14H19ClN2O4/c1-14(2,8-21-3)17-13(20)16-11(12(18)19)9-6-4-5-7-10(9)15/h4-7,11H,8H2,1-3H3,(H,18,19)(H2,16,17,20)/t11-/m1/s1. The van der Waals surface area contributed by atoms with Gasteiger partial charge in [-0.15, -0.1) is 0 Å². The number of methoxy groups -OCH3 is 1. The van der Waals surface area contributed by atoms with Crippen LogP contribution in [0.15, 0.2) is 24.3 Å². The van der Waals surface area contributed by atoms with Crippen LogP contribution in [0.2, 0.25) is 5.02 Å². The van der Waals surface area contributed by atoms with Crippen molar-refractivity contribution in [2.45, 2.75) is 25.4 Å². The molecule has 0 aliphatic rings. The van der Waals surface area contributed by atoms with Crippen LogP contribution in [0.25, 0.3) is 0 Å². The minimum absolute atomic E-state index is 0.279. The molecule has 0 spiro atoms. The monoisotopic (exact) mass is 314 g/mol. The van der Waals surface area contributed by atoms with Gasteiger partial charge in [-0.05, 0) is 19.9 Å². The molecule has 0 radical (unpaired) electrons. The molecule has 0 bridgehead atoms. The Morgan fingerprint density at radius 2 is 2.00 bits per heavy atom. The number of benzene rings is 1. The zero-order chi connectivity index (χ0) is 16.0. The normalized spacial score (nSPS) is 12.6. The first-order valence-electron chi connectivity index (χ1n) is 6.31. The van der Waals surface area contributed by atoms with E-state index in [1.807, 2.05) is 0 Å². The summed E-state index contributed by atoms with van der Waals surface area (Å²) in [5.74, 6) is -1.19. The lowest BCUT2D eigenvalue weighted by Crippen LogP contribution is -2.52. The Morgan fingerprint density at radius 1 is 1.38 bits per heavy atom. The van der Waals surface area contributed by atoms with Crippen LogP contribution in [0.5, 0.6) is 0 Å². The van der Waals surface area contributed by atoms with Crippen molar-refractivity contribution in [3.63, 3.8) is 0 Å². The zero-order valence-corrected chi connectivity index (χ0v) is 12.9. The molecule has 0 fully saturated rings. The maximum Gasteiger partial charge on any atom is 0.331 e. The number of halogens is 1. The Morgan fingerprint density at radius 3 is 2.52 bits per heavy atom. The maximum atomic E-state index is 11.9. The number of nitrogens with one attached hydrogen (secondary N) is 2. The Balaban J connectivity index is 2.83. The highest BCUT2D eigenvalue weighted by Gasteiger charge is 2.27. The van der Waals surface area contributed by atoms with Crippen LogP contribution < -0.4 is 10.6 Å². The van der Waals surface area contributed by atoms with Gasteiger partial charge in [-0.1, -0.05) is 29.8 Å². The van der Waals surface area contributed by atoms with Crippen molar-refractivity contribution in [2.75, 3.05) is 13.7 Å². The van der Waals surface area contributed by atoms with Crippen molar-refractivity contribution < 1.29 is 19.4 Å². The van der Waals surface area contributed by atoms with Gasteiger partial charge in [-0.3, -0.25) is 0 Å². The number of carboxylic acid groups (broad SMARTS) is 1. The number of carbonyl (C=O) groups is 2. The van der Waals surface area contributed by atoms with Gasteiger partial charge in [0.2, 0.25) is 0 Å². The minimum Gasteiger partial charge on any atom is -0.479 e. The Kier molecular flexibility index (Phi) is 5.99. The van der Waals surface area contributed by atoms with Crippen molar-refractivity contribution in [3.8, 4) is 0 Å². The molecule has 1 atom stereocenters. The van der Waals surface area contributed by atoms with Crippen LogP contribution in [-0.4, -0.2) is 36.4 Å². The van der Waals surface area contributed by atoms with Gasteiger partial charge in [0.1, 0.15) is 0 Å². The number of rotatable bonds is 6. The number of aliphatic carboxylic acids is 1. The van der Waals surface area contributed by atoms with E-state index in [0.717, 1.165) is 0 Å². The number of hydrogen-bond acceptors (Lipinski definition) is 3. The largest absolute Gasteiger partial charge is 0.479 e. The summed E-state index contributed by atoms with van der Waals surface area (Å²) in [7, 11) is 1.52. The molecule has 21 heavy (non-hydrogen) atoms. The van der Waals surface area contributed by atoms with Gasteiger partial charge in [0.25, 0.3) is 0 Å². The first-order chi connectivity index (χ1) is 9.76. The van der Waals surface area contributed by atoms with E-state index < -0.39 is 23.6 Å². The van der Waals surface area contributed by atoms with E-state index in [9.17, 15) is 14.7 Å². The third-order valence-corrected chi connectivity index (χ3v) is 3.04. The van der Waals surface area contributed by atoms with Crippen LogP contribution in [0.4, 0.5) is 4.79 Å². The van der Waals surface area contributed by atoms with Crippen molar-refractivity contribution >= 4 is 23.6 Å². The van der Waals surface area contributed by atoms with Crippen LogP contribution >= 0.6 is 11.6 Å². The van der Waals surface area contributed by atoms with E-state index in [1.165, 1.54) is 7.11 Å². The van der Waals surface area contributed by atoms with Crippen LogP contribution in [0.3, 0.4) is 0 Å². The predicted molar refractivity (Wildman–Crippen MR) is 79.5 cm³/mol. The quantitative estimate of drug-likeness (QED) is 0.751. The molecule has 2 amide bonds. The highest BCUT2D eigenvalue weighted by atomic mass is 35.5. The fraction of sp³-hybridized carbons (Fsp3) is 0.429. The Hall–Kier alpha value is -1.79. The summed E-state index contributed by atoms with van der Waals surface area (Å²) in [6, 6.07) is 4.64. The van der Waals surface area contributed by atoms with Crippen LogP contribution in [0, 0.1) is 0 Å². The summed E-state index contributed by atoms with van der Waals surface area (Å²) in [4.78, 5) is 23.3. The van der Waals surface area contributed by atoms with Gasteiger partial charge in [0.05, 0.1) is 12.1 Å². The number of urea groups is 1. The summed E-state index contributed by atoms with van der Waals surface area (Å²) in [5.41, 5.74) is -0.297. The maximum absolute atomic E-state index is 11.9. The molecule has 7 heteroatoms.